The fourth-order valence-corrected chi connectivity index (χ4v) is 3.51. The number of aliphatic hydroxyl groups is 2. The summed E-state index contributed by atoms with van der Waals surface area (Å²) in [7, 11) is 0. The molecule has 2 unspecified atom stereocenters. The zero-order valence-electron chi connectivity index (χ0n) is 11.9. The van der Waals surface area contributed by atoms with Gasteiger partial charge in [0, 0.05) is 19.1 Å². The molecule has 2 fully saturated rings. The first-order valence-corrected chi connectivity index (χ1v) is 7.55. The van der Waals surface area contributed by atoms with Crippen molar-refractivity contribution in [2.75, 3.05) is 19.7 Å². The Morgan fingerprint density at radius 3 is 2.50 bits per heavy atom. The first-order chi connectivity index (χ1) is 8.52. The van der Waals surface area contributed by atoms with Gasteiger partial charge in [-0.2, -0.15) is 0 Å². The molecule has 0 aliphatic heterocycles. The Bertz CT molecular complexity index is 263. The van der Waals surface area contributed by atoms with Gasteiger partial charge in [0.25, 0.3) is 0 Å². The van der Waals surface area contributed by atoms with Crippen LogP contribution in [0.25, 0.3) is 0 Å². The fraction of sp³-hybridized carbons (Fsp3) is 1.00. The van der Waals surface area contributed by atoms with Gasteiger partial charge in [0.05, 0.1) is 12.7 Å². The van der Waals surface area contributed by atoms with Crippen LogP contribution in [0.15, 0.2) is 0 Å². The molecule has 0 spiro atoms. The Labute approximate surface area is 111 Å². The standard InChI is InChI=1S/C15H29NO2/c1-15(2)7-6-14(18)12(10-15)11-16(8-9-17)13-4-3-5-13/h12-14,17-18H,3-11H2,1-2H3. The van der Waals surface area contributed by atoms with Crippen LogP contribution in [0.4, 0.5) is 0 Å². The summed E-state index contributed by atoms with van der Waals surface area (Å²) < 4.78 is 0. The van der Waals surface area contributed by atoms with Crippen LogP contribution in [0.3, 0.4) is 0 Å². The first-order valence-electron chi connectivity index (χ1n) is 7.55. The Balaban J connectivity index is 1.91. The number of nitrogens with zero attached hydrogens (tertiary/aromatic N) is 1. The van der Waals surface area contributed by atoms with Gasteiger partial charge in [0.2, 0.25) is 0 Å². The molecule has 2 saturated carbocycles. The smallest absolute Gasteiger partial charge is 0.0581 e. The Morgan fingerprint density at radius 1 is 1.22 bits per heavy atom. The maximum Gasteiger partial charge on any atom is 0.0581 e. The molecule has 2 atom stereocenters. The van der Waals surface area contributed by atoms with Crippen molar-refractivity contribution in [1.82, 2.24) is 4.90 Å². The van der Waals surface area contributed by atoms with Crippen LogP contribution >= 0.6 is 0 Å². The van der Waals surface area contributed by atoms with E-state index in [1.807, 2.05) is 0 Å². The Hall–Kier alpha value is -0.120. The maximum absolute atomic E-state index is 10.2. The highest BCUT2D eigenvalue weighted by Gasteiger charge is 2.36. The summed E-state index contributed by atoms with van der Waals surface area (Å²) >= 11 is 0. The van der Waals surface area contributed by atoms with Crippen molar-refractivity contribution in [1.29, 1.82) is 0 Å². The molecule has 18 heavy (non-hydrogen) atoms. The summed E-state index contributed by atoms with van der Waals surface area (Å²) in [6.07, 6.45) is 6.91. The van der Waals surface area contributed by atoms with Gasteiger partial charge in [0.1, 0.15) is 0 Å². The number of hydrogen-bond acceptors (Lipinski definition) is 3. The average Bonchev–Trinajstić information content (AvgIpc) is 2.21. The van der Waals surface area contributed by atoms with Crippen molar-refractivity contribution in [2.45, 2.75) is 64.5 Å². The normalized spacial score (nSPS) is 32.5. The monoisotopic (exact) mass is 255 g/mol. The highest BCUT2D eigenvalue weighted by Crippen LogP contribution is 2.39. The summed E-state index contributed by atoms with van der Waals surface area (Å²) in [4.78, 5) is 2.42. The molecule has 0 aromatic rings. The molecule has 0 aromatic heterocycles. The molecule has 0 amide bonds. The summed E-state index contributed by atoms with van der Waals surface area (Å²) in [5.74, 6) is 0.390. The molecule has 106 valence electrons. The lowest BCUT2D eigenvalue weighted by Crippen LogP contribution is -2.48. The maximum atomic E-state index is 10.2. The predicted molar refractivity (Wildman–Crippen MR) is 73.4 cm³/mol. The minimum absolute atomic E-state index is 0.140. The number of aliphatic hydroxyl groups excluding tert-OH is 2. The number of rotatable bonds is 5. The third-order valence-electron chi connectivity index (χ3n) is 4.92. The molecule has 2 aliphatic rings. The second kappa shape index (κ2) is 5.89. The molecule has 0 heterocycles. The second-order valence-electron chi connectivity index (χ2n) is 7.04. The average molecular weight is 255 g/mol. The fourth-order valence-electron chi connectivity index (χ4n) is 3.51. The van der Waals surface area contributed by atoms with Crippen molar-refractivity contribution >= 4 is 0 Å². The van der Waals surface area contributed by atoms with E-state index >= 15 is 0 Å². The van der Waals surface area contributed by atoms with Crippen molar-refractivity contribution < 1.29 is 10.2 Å². The minimum atomic E-state index is -0.140. The van der Waals surface area contributed by atoms with E-state index in [1.54, 1.807) is 0 Å². The van der Waals surface area contributed by atoms with E-state index < -0.39 is 0 Å². The molecular weight excluding hydrogens is 226 g/mol. The Kier molecular flexibility index (Phi) is 4.68. The molecule has 2 N–H and O–H groups in total. The molecule has 0 saturated heterocycles. The zero-order chi connectivity index (χ0) is 13.2. The minimum Gasteiger partial charge on any atom is -0.395 e. The van der Waals surface area contributed by atoms with Gasteiger partial charge < -0.3 is 10.2 Å². The van der Waals surface area contributed by atoms with Crippen LogP contribution in [0.1, 0.15) is 52.4 Å². The van der Waals surface area contributed by atoms with Gasteiger partial charge in [-0.3, -0.25) is 4.90 Å². The van der Waals surface area contributed by atoms with Gasteiger partial charge in [-0.15, -0.1) is 0 Å². The van der Waals surface area contributed by atoms with Gasteiger partial charge >= 0.3 is 0 Å². The summed E-state index contributed by atoms with van der Waals surface area (Å²) in [5.41, 5.74) is 0.369. The van der Waals surface area contributed by atoms with E-state index in [0.717, 1.165) is 32.4 Å². The van der Waals surface area contributed by atoms with E-state index in [1.165, 1.54) is 19.3 Å². The van der Waals surface area contributed by atoms with E-state index in [0.29, 0.717) is 17.4 Å². The van der Waals surface area contributed by atoms with E-state index in [-0.39, 0.29) is 12.7 Å². The van der Waals surface area contributed by atoms with Crippen LogP contribution in [0.2, 0.25) is 0 Å². The molecule has 2 rings (SSSR count). The molecule has 0 radical (unpaired) electrons. The van der Waals surface area contributed by atoms with Crippen LogP contribution < -0.4 is 0 Å². The molecule has 3 heteroatoms. The molecule has 0 aromatic carbocycles. The summed E-state index contributed by atoms with van der Waals surface area (Å²) in [5, 5.41) is 19.4. The lowest BCUT2D eigenvalue weighted by Gasteiger charge is -2.44. The molecular formula is C15H29NO2. The summed E-state index contributed by atoms with van der Waals surface area (Å²) in [6.45, 7) is 6.60. The third-order valence-corrected chi connectivity index (χ3v) is 4.92. The third kappa shape index (κ3) is 3.46. The lowest BCUT2D eigenvalue weighted by atomic mass is 9.70. The van der Waals surface area contributed by atoms with Crippen LogP contribution in [0.5, 0.6) is 0 Å². The summed E-state index contributed by atoms with van der Waals surface area (Å²) in [6, 6.07) is 0.661. The molecule has 0 bridgehead atoms. The van der Waals surface area contributed by atoms with Crippen LogP contribution in [0, 0.1) is 11.3 Å². The first kappa shape index (κ1) is 14.3. The highest BCUT2D eigenvalue weighted by atomic mass is 16.3. The van der Waals surface area contributed by atoms with Gasteiger partial charge in [-0.1, -0.05) is 20.3 Å². The highest BCUT2D eigenvalue weighted by molar-refractivity contribution is 4.89. The molecule has 2 aliphatic carbocycles. The Morgan fingerprint density at radius 2 is 1.94 bits per heavy atom. The van der Waals surface area contributed by atoms with Crippen molar-refractivity contribution in [3.63, 3.8) is 0 Å². The van der Waals surface area contributed by atoms with Gasteiger partial charge in [0.15, 0.2) is 0 Å². The van der Waals surface area contributed by atoms with Crippen LogP contribution in [-0.4, -0.2) is 47.0 Å². The predicted octanol–water partition coefficient (Wildman–Crippen LogP) is 2.02. The largest absolute Gasteiger partial charge is 0.395 e. The number of hydrogen-bond donors (Lipinski definition) is 2. The quantitative estimate of drug-likeness (QED) is 0.790. The van der Waals surface area contributed by atoms with E-state index in [4.69, 9.17) is 0 Å². The van der Waals surface area contributed by atoms with Crippen molar-refractivity contribution in [2.24, 2.45) is 11.3 Å². The SMILES string of the molecule is CC1(C)CCC(O)C(CN(CCO)C2CCC2)C1. The van der Waals surface area contributed by atoms with Crippen molar-refractivity contribution in [3.8, 4) is 0 Å². The van der Waals surface area contributed by atoms with E-state index in [2.05, 4.69) is 18.7 Å². The van der Waals surface area contributed by atoms with E-state index in [9.17, 15) is 10.2 Å². The second-order valence-corrected chi connectivity index (χ2v) is 7.04. The topological polar surface area (TPSA) is 43.7 Å². The van der Waals surface area contributed by atoms with Crippen LogP contribution in [-0.2, 0) is 0 Å². The van der Waals surface area contributed by atoms with Gasteiger partial charge in [-0.05, 0) is 43.4 Å². The van der Waals surface area contributed by atoms with Gasteiger partial charge in [-0.25, -0.2) is 0 Å². The molecule has 3 nitrogen and oxygen atoms in total. The van der Waals surface area contributed by atoms with Crippen molar-refractivity contribution in [3.05, 3.63) is 0 Å². The zero-order valence-corrected chi connectivity index (χ0v) is 11.9. The lowest BCUT2D eigenvalue weighted by molar-refractivity contribution is -0.0136.